The van der Waals surface area contributed by atoms with Crippen LogP contribution in [0.4, 0.5) is 8.78 Å². The summed E-state index contributed by atoms with van der Waals surface area (Å²) in [5.41, 5.74) is 1.59. The van der Waals surface area contributed by atoms with Crippen molar-refractivity contribution in [3.63, 3.8) is 0 Å². The molecule has 2 rings (SSSR count). The molecule has 0 heterocycles. The molecular weight excluding hydrogens is 246 g/mol. The van der Waals surface area contributed by atoms with E-state index in [1.165, 1.54) is 36.4 Å². The van der Waals surface area contributed by atoms with E-state index in [0.717, 1.165) is 5.56 Å². The summed E-state index contributed by atoms with van der Waals surface area (Å²) in [7, 11) is 0. The van der Waals surface area contributed by atoms with Gasteiger partial charge in [-0.1, -0.05) is 18.7 Å². The van der Waals surface area contributed by atoms with Gasteiger partial charge in [0.2, 0.25) is 0 Å². The van der Waals surface area contributed by atoms with Crippen molar-refractivity contribution < 1.29 is 13.6 Å². The first-order chi connectivity index (χ1) is 9.06. The molecule has 0 fully saturated rings. The summed E-state index contributed by atoms with van der Waals surface area (Å²) in [6, 6.07) is 11.2. The van der Waals surface area contributed by atoms with Crippen LogP contribution in [0.3, 0.4) is 0 Å². The second-order valence-electron chi connectivity index (χ2n) is 4.24. The molecule has 0 saturated heterocycles. The lowest BCUT2D eigenvalue weighted by Gasteiger charge is -2.05. The highest BCUT2D eigenvalue weighted by Gasteiger charge is 2.10. The first-order valence-corrected chi connectivity index (χ1v) is 5.79. The highest BCUT2D eigenvalue weighted by atomic mass is 19.1. The van der Waals surface area contributed by atoms with Gasteiger partial charge in [-0.25, -0.2) is 8.78 Å². The minimum atomic E-state index is -0.388. The molecule has 0 atom stereocenters. The van der Waals surface area contributed by atoms with E-state index < -0.39 is 0 Å². The Kier molecular flexibility index (Phi) is 3.85. The van der Waals surface area contributed by atoms with Crippen LogP contribution in [0.15, 0.2) is 60.7 Å². The Morgan fingerprint density at radius 2 is 1.37 bits per heavy atom. The summed E-state index contributed by atoms with van der Waals surface area (Å²) in [5.74, 6) is -0.941. The fourth-order valence-corrected chi connectivity index (χ4v) is 1.73. The molecule has 0 amide bonds. The minimum Gasteiger partial charge on any atom is -0.289 e. The van der Waals surface area contributed by atoms with E-state index >= 15 is 0 Å². The number of hydrogen-bond donors (Lipinski definition) is 0. The van der Waals surface area contributed by atoms with Crippen LogP contribution in [0.1, 0.15) is 15.9 Å². The third-order valence-corrected chi connectivity index (χ3v) is 2.76. The lowest BCUT2D eigenvalue weighted by atomic mass is 9.98. The van der Waals surface area contributed by atoms with Gasteiger partial charge in [-0.3, -0.25) is 4.79 Å². The molecule has 2 aromatic carbocycles. The smallest absolute Gasteiger partial charge is 0.188 e. The number of hydrogen-bond acceptors (Lipinski definition) is 1. The Morgan fingerprint density at radius 1 is 0.895 bits per heavy atom. The van der Waals surface area contributed by atoms with Gasteiger partial charge in [0.15, 0.2) is 5.78 Å². The van der Waals surface area contributed by atoms with Gasteiger partial charge in [0.1, 0.15) is 11.6 Å². The lowest BCUT2D eigenvalue weighted by molar-refractivity contribution is 0.103. The number of benzene rings is 2. The van der Waals surface area contributed by atoms with E-state index in [4.69, 9.17) is 0 Å². The van der Waals surface area contributed by atoms with Gasteiger partial charge < -0.3 is 0 Å². The first-order valence-electron chi connectivity index (χ1n) is 5.79. The van der Waals surface area contributed by atoms with Gasteiger partial charge >= 0.3 is 0 Å². The Balaban J connectivity index is 2.09. The van der Waals surface area contributed by atoms with E-state index in [0.29, 0.717) is 17.6 Å². The molecule has 0 aromatic heterocycles. The van der Waals surface area contributed by atoms with Crippen LogP contribution in [-0.2, 0) is 6.42 Å². The zero-order valence-corrected chi connectivity index (χ0v) is 10.2. The third kappa shape index (κ3) is 3.35. The number of ketones is 1. The molecule has 0 aliphatic rings. The zero-order chi connectivity index (χ0) is 13.8. The fourth-order valence-electron chi connectivity index (χ4n) is 1.73. The summed E-state index contributed by atoms with van der Waals surface area (Å²) in [5, 5.41) is 0. The molecule has 2 aromatic rings. The van der Waals surface area contributed by atoms with Gasteiger partial charge in [-0.2, -0.15) is 0 Å². The molecule has 1 nitrogen and oxygen atoms in total. The van der Waals surface area contributed by atoms with E-state index in [1.54, 1.807) is 12.1 Å². The predicted octanol–water partition coefficient (Wildman–Crippen LogP) is 3.95. The number of allylic oxidation sites excluding steroid dienone is 1. The molecule has 0 N–H and O–H groups in total. The molecule has 0 saturated carbocycles. The van der Waals surface area contributed by atoms with Crippen molar-refractivity contribution in [3.8, 4) is 0 Å². The van der Waals surface area contributed by atoms with E-state index in [9.17, 15) is 13.6 Å². The van der Waals surface area contributed by atoms with Crippen molar-refractivity contribution in [1.29, 1.82) is 0 Å². The summed E-state index contributed by atoms with van der Waals surface area (Å²) < 4.78 is 25.5. The summed E-state index contributed by atoms with van der Waals surface area (Å²) in [6.45, 7) is 3.73. The average Bonchev–Trinajstić information content (AvgIpc) is 2.41. The molecule has 96 valence electrons. The fraction of sp³-hybridized carbons (Fsp3) is 0.0625. The highest BCUT2D eigenvalue weighted by Crippen LogP contribution is 2.14. The van der Waals surface area contributed by atoms with Crippen molar-refractivity contribution >= 4 is 5.78 Å². The Labute approximate surface area is 110 Å². The van der Waals surface area contributed by atoms with Crippen LogP contribution in [-0.4, -0.2) is 5.78 Å². The highest BCUT2D eigenvalue weighted by molar-refractivity contribution is 6.08. The van der Waals surface area contributed by atoms with E-state index in [1.807, 2.05) is 0 Å². The molecule has 0 aliphatic carbocycles. The van der Waals surface area contributed by atoms with Crippen LogP contribution >= 0.6 is 0 Å². The van der Waals surface area contributed by atoms with Crippen LogP contribution in [0, 0.1) is 11.6 Å². The number of Topliss-reactive ketones (excluding diaryl/α,β-unsaturated/α-hetero) is 1. The van der Waals surface area contributed by atoms with Crippen LogP contribution < -0.4 is 0 Å². The number of carbonyl (C=O) groups is 1. The van der Waals surface area contributed by atoms with Crippen molar-refractivity contribution in [2.45, 2.75) is 6.42 Å². The van der Waals surface area contributed by atoms with Crippen molar-refractivity contribution in [2.24, 2.45) is 0 Å². The normalized spacial score (nSPS) is 10.2. The van der Waals surface area contributed by atoms with Crippen LogP contribution in [0.25, 0.3) is 0 Å². The summed E-state index contributed by atoms with van der Waals surface area (Å²) in [4.78, 5) is 12.0. The molecule has 0 radical (unpaired) electrons. The van der Waals surface area contributed by atoms with Crippen molar-refractivity contribution in [1.82, 2.24) is 0 Å². The Hall–Kier alpha value is -2.29. The number of carbonyl (C=O) groups excluding carboxylic acids is 1. The van der Waals surface area contributed by atoms with Crippen LogP contribution in [0.2, 0.25) is 0 Å². The van der Waals surface area contributed by atoms with Crippen LogP contribution in [0.5, 0.6) is 0 Å². The van der Waals surface area contributed by atoms with E-state index in [2.05, 4.69) is 6.58 Å². The first kappa shape index (κ1) is 13.1. The quantitative estimate of drug-likeness (QED) is 0.599. The van der Waals surface area contributed by atoms with Gasteiger partial charge in [0.25, 0.3) is 0 Å². The second kappa shape index (κ2) is 5.57. The standard InChI is InChI=1S/C16H12F2O/c1-11(10-12-2-6-14(17)7-3-12)16(19)13-4-8-15(18)9-5-13/h2-9H,1,10H2. The van der Waals surface area contributed by atoms with Crippen molar-refractivity contribution in [2.75, 3.05) is 0 Å². The molecule has 19 heavy (non-hydrogen) atoms. The number of halogens is 2. The predicted molar refractivity (Wildman–Crippen MR) is 70.0 cm³/mol. The third-order valence-electron chi connectivity index (χ3n) is 2.76. The summed E-state index contributed by atoms with van der Waals surface area (Å²) in [6.07, 6.45) is 0.344. The topological polar surface area (TPSA) is 17.1 Å². The van der Waals surface area contributed by atoms with Gasteiger partial charge in [-0.05, 0) is 47.5 Å². The molecule has 0 bridgehead atoms. The lowest BCUT2D eigenvalue weighted by Crippen LogP contribution is -2.05. The average molecular weight is 258 g/mol. The monoisotopic (exact) mass is 258 g/mol. The minimum absolute atomic E-state index is 0.232. The molecular formula is C16H12F2O. The maximum atomic E-state index is 12.8. The second-order valence-corrected chi connectivity index (χ2v) is 4.24. The number of rotatable bonds is 4. The molecule has 0 aliphatic heterocycles. The summed E-state index contributed by atoms with van der Waals surface area (Å²) >= 11 is 0. The molecule has 0 unspecified atom stereocenters. The van der Waals surface area contributed by atoms with Gasteiger partial charge in [0, 0.05) is 12.0 Å². The molecule has 0 spiro atoms. The maximum Gasteiger partial charge on any atom is 0.188 e. The van der Waals surface area contributed by atoms with E-state index in [-0.39, 0.29) is 17.4 Å². The SMILES string of the molecule is C=C(Cc1ccc(F)cc1)C(=O)c1ccc(F)cc1. The molecule has 3 heteroatoms. The van der Waals surface area contributed by atoms with Crippen molar-refractivity contribution in [3.05, 3.63) is 83.4 Å². The largest absolute Gasteiger partial charge is 0.289 e. The zero-order valence-electron chi connectivity index (χ0n) is 10.2. The maximum absolute atomic E-state index is 12.8. The Bertz CT molecular complexity index is 598. The Morgan fingerprint density at radius 3 is 1.89 bits per heavy atom. The van der Waals surface area contributed by atoms with Gasteiger partial charge in [-0.15, -0.1) is 0 Å². The van der Waals surface area contributed by atoms with Gasteiger partial charge in [0.05, 0.1) is 0 Å².